The molecule has 0 aliphatic carbocycles. The topological polar surface area (TPSA) is 75.1 Å². The molecule has 0 spiro atoms. The summed E-state index contributed by atoms with van der Waals surface area (Å²) < 4.78 is 2.30. The van der Waals surface area contributed by atoms with Crippen molar-refractivity contribution in [3.63, 3.8) is 0 Å². The van der Waals surface area contributed by atoms with E-state index in [2.05, 4.69) is 68.6 Å². The second-order valence-electron chi connectivity index (χ2n) is 6.17. The fourth-order valence-corrected chi connectivity index (χ4v) is 3.25. The van der Waals surface area contributed by atoms with Gasteiger partial charge in [-0.05, 0) is 43.7 Å². The summed E-state index contributed by atoms with van der Waals surface area (Å²) in [7, 11) is 0. The minimum atomic E-state index is -0.339. The molecule has 6 nitrogen and oxygen atoms in total. The fourth-order valence-electron chi connectivity index (χ4n) is 3.25. The van der Waals surface area contributed by atoms with Crippen molar-refractivity contribution in [1.82, 2.24) is 20.2 Å². The predicted molar refractivity (Wildman–Crippen MR) is 104 cm³/mol. The second-order valence-corrected chi connectivity index (χ2v) is 6.17. The molecule has 6 heteroatoms. The summed E-state index contributed by atoms with van der Waals surface area (Å²) in [5.74, 6) is -0.339. The first-order chi connectivity index (χ1) is 12.7. The number of fused-ring (bicyclic) bond motifs is 3. The first kappa shape index (κ1) is 16.1. The van der Waals surface area contributed by atoms with Crippen LogP contribution in [0.3, 0.4) is 0 Å². The third-order valence-corrected chi connectivity index (χ3v) is 4.43. The highest BCUT2D eigenvalue weighted by Gasteiger charge is 2.10. The molecular formula is C20H19N5O. The molecule has 2 N–H and O–H groups in total. The molecule has 0 saturated carbocycles. The Labute approximate surface area is 150 Å². The lowest BCUT2D eigenvalue weighted by molar-refractivity contribution is 0.0950. The molecule has 2 aromatic heterocycles. The maximum atomic E-state index is 12.0. The Kier molecular flexibility index (Phi) is 4.01. The number of para-hydroxylation sites is 1. The van der Waals surface area contributed by atoms with Crippen molar-refractivity contribution in [2.75, 3.05) is 0 Å². The van der Waals surface area contributed by atoms with Crippen molar-refractivity contribution in [2.24, 2.45) is 5.10 Å². The highest BCUT2D eigenvalue weighted by atomic mass is 16.2. The number of aromatic nitrogens is 3. The zero-order chi connectivity index (χ0) is 18.1. The van der Waals surface area contributed by atoms with Gasteiger partial charge >= 0.3 is 0 Å². The smallest absolute Gasteiger partial charge is 0.291 e. The van der Waals surface area contributed by atoms with Crippen LogP contribution in [0.5, 0.6) is 0 Å². The molecular weight excluding hydrogens is 326 g/mol. The molecule has 0 atom stereocenters. The average molecular weight is 345 g/mol. The van der Waals surface area contributed by atoms with E-state index >= 15 is 0 Å². The summed E-state index contributed by atoms with van der Waals surface area (Å²) in [6.07, 6.45) is 1.65. The van der Waals surface area contributed by atoms with Gasteiger partial charge in [0.25, 0.3) is 5.91 Å². The molecule has 4 aromatic rings. The van der Waals surface area contributed by atoms with Crippen LogP contribution in [0.25, 0.3) is 21.8 Å². The number of nitrogens with one attached hydrogen (secondary N) is 2. The summed E-state index contributed by atoms with van der Waals surface area (Å²) in [4.78, 5) is 12.0. The number of hydrogen-bond acceptors (Lipinski definition) is 3. The first-order valence-corrected chi connectivity index (χ1v) is 8.54. The van der Waals surface area contributed by atoms with E-state index in [1.165, 1.54) is 21.8 Å². The third-order valence-electron chi connectivity index (χ3n) is 4.43. The molecule has 0 aliphatic heterocycles. The molecule has 130 valence electrons. The van der Waals surface area contributed by atoms with Crippen LogP contribution in [0.2, 0.25) is 0 Å². The van der Waals surface area contributed by atoms with Gasteiger partial charge in [0.05, 0.1) is 6.21 Å². The van der Waals surface area contributed by atoms with E-state index in [0.717, 1.165) is 17.8 Å². The van der Waals surface area contributed by atoms with Crippen LogP contribution >= 0.6 is 0 Å². The number of rotatable bonds is 4. The van der Waals surface area contributed by atoms with E-state index in [9.17, 15) is 4.79 Å². The first-order valence-electron chi connectivity index (χ1n) is 8.54. The lowest BCUT2D eigenvalue weighted by atomic mass is 10.1. The van der Waals surface area contributed by atoms with E-state index < -0.39 is 0 Å². The molecule has 2 heterocycles. The Balaban J connectivity index is 1.63. The molecule has 0 aliphatic rings. The van der Waals surface area contributed by atoms with Crippen LogP contribution < -0.4 is 5.43 Å². The van der Waals surface area contributed by atoms with E-state index in [1.54, 1.807) is 12.3 Å². The molecule has 26 heavy (non-hydrogen) atoms. The Hall–Kier alpha value is -3.41. The number of nitrogens with zero attached hydrogens (tertiary/aromatic N) is 3. The Morgan fingerprint density at radius 1 is 1.19 bits per heavy atom. The quantitative estimate of drug-likeness (QED) is 0.438. The van der Waals surface area contributed by atoms with E-state index in [4.69, 9.17) is 0 Å². The van der Waals surface area contributed by atoms with Crippen molar-refractivity contribution in [3.8, 4) is 0 Å². The molecule has 1 amide bonds. The second kappa shape index (κ2) is 6.48. The maximum absolute atomic E-state index is 12.0. The number of amides is 1. The maximum Gasteiger partial charge on any atom is 0.291 e. The molecule has 0 bridgehead atoms. The van der Waals surface area contributed by atoms with Gasteiger partial charge in [0.2, 0.25) is 0 Å². The highest BCUT2D eigenvalue weighted by Crippen LogP contribution is 2.29. The Bertz CT molecular complexity index is 1140. The standard InChI is InChI=1S/C20H19N5O/c1-3-25-18-7-5-4-6-15(18)16-11-14(8-9-19(16)25)12-21-24-20(26)17-10-13(2)22-23-17/h4-12H,3H2,1-2H3,(H,22,23)(H,24,26). The summed E-state index contributed by atoms with van der Waals surface area (Å²) in [5.41, 5.74) is 7.00. The van der Waals surface area contributed by atoms with Gasteiger partial charge in [-0.1, -0.05) is 24.3 Å². The monoisotopic (exact) mass is 345 g/mol. The van der Waals surface area contributed by atoms with Gasteiger partial charge < -0.3 is 4.57 Å². The van der Waals surface area contributed by atoms with Crippen molar-refractivity contribution in [3.05, 3.63) is 65.5 Å². The molecule has 0 radical (unpaired) electrons. The molecule has 0 saturated heterocycles. The highest BCUT2D eigenvalue weighted by molar-refractivity contribution is 6.09. The van der Waals surface area contributed by atoms with Gasteiger partial charge in [-0.3, -0.25) is 9.89 Å². The van der Waals surface area contributed by atoms with E-state index in [0.29, 0.717) is 5.69 Å². The number of carbonyl (C=O) groups excluding carboxylic acids is 1. The Morgan fingerprint density at radius 2 is 2.00 bits per heavy atom. The normalized spacial score (nSPS) is 11.6. The van der Waals surface area contributed by atoms with Crippen LogP contribution in [0.1, 0.15) is 28.7 Å². The van der Waals surface area contributed by atoms with Gasteiger partial charge in [-0.25, -0.2) is 5.43 Å². The number of hydrazone groups is 1. The van der Waals surface area contributed by atoms with Crippen molar-refractivity contribution < 1.29 is 4.79 Å². The van der Waals surface area contributed by atoms with Gasteiger partial charge in [0.15, 0.2) is 5.69 Å². The molecule has 0 unspecified atom stereocenters. The van der Waals surface area contributed by atoms with Gasteiger partial charge in [0.1, 0.15) is 0 Å². The number of hydrogen-bond donors (Lipinski definition) is 2. The minimum Gasteiger partial charge on any atom is -0.341 e. The SMILES string of the molecule is CCn1c2ccccc2c2cc(C=NNC(=O)c3cc(C)[nH]n3)ccc21. The Morgan fingerprint density at radius 3 is 2.77 bits per heavy atom. The van der Waals surface area contributed by atoms with Crippen LogP contribution in [0.15, 0.2) is 53.6 Å². The van der Waals surface area contributed by atoms with E-state index in [-0.39, 0.29) is 5.91 Å². The lowest BCUT2D eigenvalue weighted by Gasteiger charge is -2.02. The molecule has 2 aromatic carbocycles. The van der Waals surface area contributed by atoms with Crippen LogP contribution in [-0.4, -0.2) is 26.9 Å². The van der Waals surface area contributed by atoms with Gasteiger partial charge in [-0.2, -0.15) is 10.2 Å². The van der Waals surface area contributed by atoms with Crippen LogP contribution in [0, 0.1) is 6.92 Å². The van der Waals surface area contributed by atoms with Crippen LogP contribution in [0.4, 0.5) is 0 Å². The molecule has 4 rings (SSSR count). The number of aromatic amines is 1. The van der Waals surface area contributed by atoms with Crippen molar-refractivity contribution in [2.45, 2.75) is 20.4 Å². The lowest BCUT2D eigenvalue weighted by Crippen LogP contribution is -2.18. The summed E-state index contributed by atoms with van der Waals surface area (Å²) in [5, 5.41) is 13.1. The average Bonchev–Trinajstić information content (AvgIpc) is 3.23. The van der Waals surface area contributed by atoms with Crippen molar-refractivity contribution >= 4 is 33.9 Å². The largest absolute Gasteiger partial charge is 0.341 e. The predicted octanol–water partition coefficient (Wildman–Crippen LogP) is 3.61. The number of H-pyrrole nitrogens is 1. The van der Waals surface area contributed by atoms with Crippen LogP contribution in [-0.2, 0) is 6.54 Å². The van der Waals surface area contributed by atoms with Gasteiger partial charge in [0, 0.05) is 34.0 Å². The van der Waals surface area contributed by atoms with Crippen molar-refractivity contribution in [1.29, 1.82) is 0 Å². The number of benzene rings is 2. The zero-order valence-corrected chi connectivity index (χ0v) is 14.7. The summed E-state index contributed by atoms with van der Waals surface area (Å²) in [6, 6.07) is 16.2. The number of aryl methyl sites for hydroxylation is 2. The fraction of sp³-hybridized carbons (Fsp3) is 0.150. The van der Waals surface area contributed by atoms with Gasteiger partial charge in [-0.15, -0.1) is 0 Å². The summed E-state index contributed by atoms with van der Waals surface area (Å²) in [6.45, 7) is 4.90. The molecule has 0 fully saturated rings. The number of carbonyl (C=O) groups is 1. The minimum absolute atomic E-state index is 0.320. The zero-order valence-electron chi connectivity index (χ0n) is 14.7. The third kappa shape index (κ3) is 2.75. The van der Waals surface area contributed by atoms with E-state index in [1.807, 2.05) is 13.0 Å². The summed E-state index contributed by atoms with van der Waals surface area (Å²) >= 11 is 0.